The first-order valence-electron chi connectivity index (χ1n) is 9.71. The molecule has 2 aromatic rings. The van der Waals surface area contributed by atoms with Gasteiger partial charge >= 0.3 is 6.61 Å². The molecule has 0 saturated carbocycles. The van der Waals surface area contributed by atoms with E-state index < -0.39 is 6.61 Å². The van der Waals surface area contributed by atoms with Crippen LogP contribution >= 0.6 is 0 Å². The Morgan fingerprint density at radius 3 is 2.76 bits per heavy atom. The molecular formula is C22H25F2NO4. The Morgan fingerprint density at radius 2 is 2.03 bits per heavy atom. The quantitative estimate of drug-likeness (QED) is 0.595. The third kappa shape index (κ3) is 7.11. The van der Waals surface area contributed by atoms with Crippen molar-refractivity contribution in [3.8, 4) is 5.75 Å². The first kappa shape index (κ1) is 21.2. The van der Waals surface area contributed by atoms with Gasteiger partial charge in [0.05, 0.1) is 25.7 Å². The molecule has 1 aliphatic rings. The summed E-state index contributed by atoms with van der Waals surface area (Å²) in [6.07, 6.45) is 2.78. The molecule has 1 heterocycles. The van der Waals surface area contributed by atoms with Crippen molar-refractivity contribution in [2.24, 2.45) is 0 Å². The lowest BCUT2D eigenvalue weighted by Crippen LogP contribution is -2.18. The number of halogens is 2. The van der Waals surface area contributed by atoms with Crippen molar-refractivity contribution in [2.45, 2.75) is 38.4 Å². The largest absolute Gasteiger partial charge is 0.435 e. The van der Waals surface area contributed by atoms with Crippen molar-refractivity contribution in [1.29, 1.82) is 0 Å². The minimum Gasteiger partial charge on any atom is -0.435 e. The molecule has 0 aromatic heterocycles. The van der Waals surface area contributed by atoms with E-state index in [1.807, 2.05) is 30.3 Å². The molecule has 3 rings (SSSR count). The van der Waals surface area contributed by atoms with Crippen LogP contribution in [0.3, 0.4) is 0 Å². The first-order chi connectivity index (χ1) is 14.1. The molecule has 29 heavy (non-hydrogen) atoms. The van der Waals surface area contributed by atoms with Gasteiger partial charge in [-0.15, -0.1) is 0 Å². The Bertz CT molecular complexity index is 780. The Morgan fingerprint density at radius 1 is 1.21 bits per heavy atom. The van der Waals surface area contributed by atoms with E-state index in [-0.39, 0.29) is 24.2 Å². The van der Waals surface area contributed by atoms with E-state index in [2.05, 4.69) is 10.1 Å². The van der Waals surface area contributed by atoms with Gasteiger partial charge in [0.2, 0.25) is 5.91 Å². The maximum atomic E-state index is 12.7. The standard InChI is InChI=1S/C22H25F2NO4/c23-22(24)29-20-9-8-18(14-17(20)13-16-5-2-1-3-6-16)25-21(26)10-12-27-15-19-7-4-11-28-19/h1-3,5-6,8-9,14,19,22H,4,7,10-13,15H2,(H,25,26). The molecule has 1 unspecified atom stereocenters. The fourth-order valence-corrected chi connectivity index (χ4v) is 3.20. The number of nitrogens with one attached hydrogen (secondary N) is 1. The lowest BCUT2D eigenvalue weighted by molar-refractivity contribution is -0.117. The van der Waals surface area contributed by atoms with E-state index in [0.29, 0.717) is 30.9 Å². The molecule has 7 heteroatoms. The van der Waals surface area contributed by atoms with Crippen molar-refractivity contribution in [2.75, 3.05) is 25.1 Å². The molecule has 0 bridgehead atoms. The van der Waals surface area contributed by atoms with Gasteiger partial charge in [0.15, 0.2) is 0 Å². The van der Waals surface area contributed by atoms with Crippen LogP contribution in [0.1, 0.15) is 30.4 Å². The molecule has 1 aliphatic heterocycles. The topological polar surface area (TPSA) is 56.8 Å². The van der Waals surface area contributed by atoms with Crippen LogP contribution in [0, 0.1) is 0 Å². The SMILES string of the molecule is O=C(CCOCC1CCCO1)Nc1ccc(OC(F)F)c(Cc2ccccc2)c1. The van der Waals surface area contributed by atoms with Crippen LogP contribution in [-0.2, 0) is 20.7 Å². The maximum Gasteiger partial charge on any atom is 0.387 e. The van der Waals surface area contributed by atoms with Crippen LogP contribution in [-0.4, -0.2) is 38.4 Å². The summed E-state index contributed by atoms with van der Waals surface area (Å²) < 4.78 is 41.0. The predicted molar refractivity (Wildman–Crippen MR) is 105 cm³/mol. The van der Waals surface area contributed by atoms with E-state index in [1.165, 1.54) is 6.07 Å². The Kier molecular flexibility index (Phi) is 7.95. The van der Waals surface area contributed by atoms with Crippen LogP contribution in [0.4, 0.5) is 14.5 Å². The zero-order valence-electron chi connectivity index (χ0n) is 16.1. The fourth-order valence-electron chi connectivity index (χ4n) is 3.20. The summed E-state index contributed by atoms with van der Waals surface area (Å²) in [6, 6.07) is 14.1. The van der Waals surface area contributed by atoms with Gasteiger partial charge in [0.1, 0.15) is 5.75 Å². The van der Waals surface area contributed by atoms with Crippen LogP contribution in [0.2, 0.25) is 0 Å². The number of carbonyl (C=O) groups excluding carboxylic acids is 1. The highest BCUT2D eigenvalue weighted by Crippen LogP contribution is 2.27. The van der Waals surface area contributed by atoms with Gasteiger partial charge in [0.25, 0.3) is 0 Å². The third-order valence-electron chi connectivity index (χ3n) is 4.60. The van der Waals surface area contributed by atoms with Crippen molar-refractivity contribution in [3.05, 3.63) is 59.7 Å². The highest BCUT2D eigenvalue weighted by Gasteiger charge is 2.16. The lowest BCUT2D eigenvalue weighted by atomic mass is 10.0. The molecule has 156 valence electrons. The summed E-state index contributed by atoms with van der Waals surface area (Å²) in [4.78, 5) is 12.2. The molecule has 1 fully saturated rings. The normalized spacial score (nSPS) is 16.2. The zero-order chi connectivity index (χ0) is 20.5. The van der Waals surface area contributed by atoms with Crippen LogP contribution < -0.4 is 10.1 Å². The van der Waals surface area contributed by atoms with Crippen molar-refractivity contribution in [3.63, 3.8) is 0 Å². The van der Waals surface area contributed by atoms with Gasteiger partial charge < -0.3 is 19.5 Å². The second kappa shape index (κ2) is 10.9. The maximum absolute atomic E-state index is 12.7. The van der Waals surface area contributed by atoms with Crippen LogP contribution in [0.5, 0.6) is 5.75 Å². The van der Waals surface area contributed by atoms with E-state index in [9.17, 15) is 13.6 Å². The number of hydrogen-bond acceptors (Lipinski definition) is 4. The van der Waals surface area contributed by atoms with Crippen LogP contribution in [0.25, 0.3) is 0 Å². The molecule has 0 aliphatic carbocycles. The highest BCUT2D eigenvalue weighted by atomic mass is 19.3. The predicted octanol–water partition coefficient (Wildman–Crippen LogP) is 4.40. The number of carbonyl (C=O) groups is 1. The van der Waals surface area contributed by atoms with Crippen molar-refractivity contribution < 1.29 is 27.8 Å². The van der Waals surface area contributed by atoms with E-state index >= 15 is 0 Å². The lowest BCUT2D eigenvalue weighted by Gasteiger charge is -2.14. The minimum atomic E-state index is -2.91. The Balaban J connectivity index is 1.56. The molecule has 0 radical (unpaired) electrons. The number of alkyl halides is 2. The van der Waals surface area contributed by atoms with Gasteiger partial charge in [-0.05, 0) is 36.6 Å². The molecule has 1 amide bonds. The number of hydrogen-bond donors (Lipinski definition) is 1. The summed E-state index contributed by atoms with van der Waals surface area (Å²) in [5, 5.41) is 2.78. The first-order valence-corrected chi connectivity index (χ1v) is 9.71. The monoisotopic (exact) mass is 405 g/mol. The fraction of sp³-hybridized carbons (Fsp3) is 0.409. The van der Waals surface area contributed by atoms with Gasteiger partial charge in [-0.3, -0.25) is 4.79 Å². The number of ether oxygens (including phenoxy) is 3. The van der Waals surface area contributed by atoms with Crippen molar-refractivity contribution in [1.82, 2.24) is 0 Å². The van der Waals surface area contributed by atoms with Gasteiger partial charge in [-0.25, -0.2) is 0 Å². The summed E-state index contributed by atoms with van der Waals surface area (Å²) in [7, 11) is 0. The summed E-state index contributed by atoms with van der Waals surface area (Å²) in [5.74, 6) is -0.104. The smallest absolute Gasteiger partial charge is 0.387 e. The number of rotatable bonds is 10. The molecule has 0 spiro atoms. The highest BCUT2D eigenvalue weighted by molar-refractivity contribution is 5.91. The molecule has 2 aromatic carbocycles. The second-order valence-electron chi connectivity index (χ2n) is 6.87. The summed E-state index contributed by atoms with van der Waals surface area (Å²) >= 11 is 0. The molecule has 5 nitrogen and oxygen atoms in total. The van der Waals surface area contributed by atoms with Gasteiger partial charge in [-0.2, -0.15) is 8.78 Å². The average molecular weight is 405 g/mol. The zero-order valence-corrected chi connectivity index (χ0v) is 16.1. The summed E-state index contributed by atoms with van der Waals surface area (Å²) in [6.45, 7) is -1.35. The number of benzene rings is 2. The number of amides is 1. The van der Waals surface area contributed by atoms with E-state index in [4.69, 9.17) is 9.47 Å². The van der Waals surface area contributed by atoms with Crippen LogP contribution in [0.15, 0.2) is 48.5 Å². The third-order valence-corrected chi connectivity index (χ3v) is 4.60. The molecular weight excluding hydrogens is 380 g/mol. The Hall–Kier alpha value is -2.51. The summed E-state index contributed by atoms with van der Waals surface area (Å²) in [5.41, 5.74) is 2.06. The molecule has 1 atom stereocenters. The average Bonchev–Trinajstić information content (AvgIpc) is 3.21. The molecule has 1 saturated heterocycles. The number of anilines is 1. The van der Waals surface area contributed by atoms with E-state index in [1.54, 1.807) is 12.1 Å². The van der Waals surface area contributed by atoms with Gasteiger partial charge in [-0.1, -0.05) is 30.3 Å². The second-order valence-corrected chi connectivity index (χ2v) is 6.87. The minimum absolute atomic E-state index is 0.0988. The Labute approximate surface area is 169 Å². The molecule has 1 N–H and O–H groups in total. The van der Waals surface area contributed by atoms with Gasteiger partial charge in [0, 0.05) is 24.3 Å². The van der Waals surface area contributed by atoms with E-state index in [0.717, 1.165) is 25.0 Å². The van der Waals surface area contributed by atoms with Crippen molar-refractivity contribution >= 4 is 11.6 Å².